The number of fused-ring (bicyclic) bond motifs is 1. The Hall–Kier alpha value is -6.43. The van der Waals surface area contributed by atoms with Crippen molar-refractivity contribution < 1.29 is 60.0 Å². The second-order valence-electron chi connectivity index (χ2n) is 13.5. The van der Waals surface area contributed by atoms with Gasteiger partial charge in [-0.3, -0.25) is 14.4 Å². The van der Waals surface area contributed by atoms with Crippen molar-refractivity contribution >= 4 is 17.5 Å². The number of ether oxygens (including phenoxy) is 1. The summed E-state index contributed by atoms with van der Waals surface area (Å²) >= 11 is 0. The quantitative estimate of drug-likeness (QED) is 0.0341. The minimum absolute atomic E-state index is 0.180. The van der Waals surface area contributed by atoms with E-state index in [9.17, 15) is 55.2 Å². The maximum atomic E-state index is 14.8. The second kappa shape index (κ2) is 13.0. The second-order valence-corrected chi connectivity index (χ2v) is 13.5. The zero-order chi connectivity index (χ0) is 37.8. The lowest BCUT2D eigenvalue weighted by Gasteiger charge is -2.39. The number of rotatable bonds is 7. The highest BCUT2D eigenvalue weighted by Gasteiger charge is 2.56. The van der Waals surface area contributed by atoms with Crippen LogP contribution in [0.4, 0.5) is 0 Å². The lowest BCUT2D eigenvalue weighted by Crippen LogP contribution is -2.49. The Labute approximate surface area is 297 Å². The Morgan fingerprint density at radius 2 is 1.42 bits per heavy atom. The van der Waals surface area contributed by atoms with Crippen molar-refractivity contribution in [1.29, 1.82) is 0 Å². The Morgan fingerprint density at radius 3 is 2.04 bits per heavy atom. The van der Waals surface area contributed by atoms with E-state index in [1.54, 1.807) is 32.9 Å². The first-order valence-corrected chi connectivity index (χ1v) is 16.3. The van der Waals surface area contributed by atoms with Crippen molar-refractivity contribution in [1.82, 2.24) is 0 Å². The molecule has 0 saturated heterocycles. The number of hydrogen-bond acceptors (Lipinski definition) is 12. The van der Waals surface area contributed by atoms with Gasteiger partial charge in [-0.25, -0.2) is 0 Å². The summed E-state index contributed by atoms with van der Waals surface area (Å²) < 4.78 is 5.62. The molecule has 12 heteroatoms. The van der Waals surface area contributed by atoms with Crippen LogP contribution in [0.2, 0.25) is 0 Å². The monoisotopic (exact) mass is 708 g/mol. The molecule has 1 aliphatic carbocycles. The van der Waals surface area contributed by atoms with Crippen molar-refractivity contribution in [2.75, 3.05) is 0 Å². The largest absolute Gasteiger partial charge is 0.508 e. The molecule has 52 heavy (non-hydrogen) atoms. The van der Waals surface area contributed by atoms with Crippen LogP contribution in [0.15, 0.2) is 84.0 Å². The molecular formula is C40H36O12. The third-order valence-corrected chi connectivity index (χ3v) is 9.83. The van der Waals surface area contributed by atoms with Gasteiger partial charge in [-0.15, -0.1) is 0 Å². The van der Waals surface area contributed by atoms with E-state index in [0.717, 1.165) is 24.3 Å². The van der Waals surface area contributed by atoms with E-state index in [1.165, 1.54) is 36.4 Å². The number of ketones is 2. The van der Waals surface area contributed by atoms with E-state index >= 15 is 0 Å². The number of carbonyl (C=O) groups excluding carboxylic acids is 3. The molecule has 0 fully saturated rings. The molecular weight excluding hydrogens is 672 g/mol. The van der Waals surface area contributed by atoms with Gasteiger partial charge >= 0.3 is 5.97 Å². The highest BCUT2D eigenvalue weighted by molar-refractivity contribution is 6.23. The third kappa shape index (κ3) is 5.81. The topological polar surface area (TPSA) is 222 Å². The molecule has 1 heterocycles. The zero-order valence-corrected chi connectivity index (χ0v) is 28.3. The summed E-state index contributed by atoms with van der Waals surface area (Å²) in [4.78, 5) is 43.2. The summed E-state index contributed by atoms with van der Waals surface area (Å²) in [5.74, 6) is -10.5. The standard InChI is InChI=1S/C40H36O12/c1-18(2)10-11-40(27-9-6-22(43)16-30(27)46)38(50)35-32(52-39(40)51)17-31(47)34(37(35)49)26-13-19(3)12-25(23-7-4-20(41)14-28(23)44)33(26)36(48)24-8-5-21(42)15-29(24)45/h4-10,13-17,25-26,33,41-47,49H,11-12H2,1-3H3/t25-,26+,33-,40-/m1/s1. The first-order chi connectivity index (χ1) is 24.5. The van der Waals surface area contributed by atoms with Gasteiger partial charge in [0.15, 0.2) is 17.0 Å². The van der Waals surface area contributed by atoms with E-state index in [-0.39, 0.29) is 58.1 Å². The Bertz CT molecular complexity index is 2230. The average Bonchev–Trinajstić information content (AvgIpc) is 3.04. The molecule has 8 N–H and O–H groups in total. The molecule has 0 aromatic heterocycles. The van der Waals surface area contributed by atoms with E-state index in [1.807, 2.05) is 0 Å². The summed E-state index contributed by atoms with van der Waals surface area (Å²) in [6.07, 6.45) is 3.05. The fourth-order valence-electron chi connectivity index (χ4n) is 7.39. The number of allylic oxidation sites excluding steroid dienone is 4. The normalized spacial score (nSPS) is 21.1. The molecule has 268 valence electrons. The molecule has 0 amide bonds. The van der Waals surface area contributed by atoms with Crippen LogP contribution in [-0.2, 0) is 10.2 Å². The summed E-state index contributed by atoms with van der Waals surface area (Å²) in [5.41, 5.74) is -1.88. The van der Waals surface area contributed by atoms with Crippen LogP contribution in [0.5, 0.6) is 51.7 Å². The first kappa shape index (κ1) is 35.4. The van der Waals surface area contributed by atoms with Crippen LogP contribution in [0.1, 0.15) is 82.9 Å². The van der Waals surface area contributed by atoms with Gasteiger partial charge in [-0.2, -0.15) is 0 Å². The molecule has 4 aromatic carbocycles. The van der Waals surface area contributed by atoms with Crippen molar-refractivity contribution in [3.63, 3.8) is 0 Å². The number of aromatic hydroxyl groups is 8. The number of phenolic OH excluding ortho intramolecular Hbond substituents is 8. The average molecular weight is 709 g/mol. The van der Waals surface area contributed by atoms with Crippen LogP contribution in [-0.4, -0.2) is 58.4 Å². The Kier molecular flexibility index (Phi) is 8.87. The minimum atomic E-state index is -2.25. The first-order valence-electron chi connectivity index (χ1n) is 16.3. The molecule has 6 rings (SSSR count). The predicted octanol–water partition coefficient (Wildman–Crippen LogP) is 6.44. The molecule has 0 radical (unpaired) electrons. The number of carbonyl (C=O) groups is 3. The van der Waals surface area contributed by atoms with Gasteiger partial charge in [0.2, 0.25) is 0 Å². The van der Waals surface area contributed by atoms with Crippen LogP contribution in [0, 0.1) is 5.92 Å². The molecule has 4 atom stereocenters. The van der Waals surface area contributed by atoms with Gasteiger partial charge in [0.1, 0.15) is 57.3 Å². The Balaban J connectivity index is 1.60. The van der Waals surface area contributed by atoms with Crippen molar-refractivity contribution in [2.45, 2.75) is 50.9 Å². The minimum Gasteiger partial charge on any atom is -0.508 e. The van der Waals surface area contributed by atoms with Crippen molar-refractivity contribution in [3.05, 3.63) is 112 Å². The lowest BCUT2D eigenvalue weighted by atomic mass is 9.64. The van der Waals surface area contributed by atoms with Gasteiger partial charge in [0.25, 0.3) is 0 Å². The van der Waals surface area contributed by atoms with Gasteiger partial charge in [0, 0.05) is 53.1 Å². The maximum Gasteiger partial charge on any atom is 0.330 e. The summed E-state index contributed by atoms with van der Waals surface area (Å²) in [7, 11) is 0. The summed E-state index contributed by atoms with van der Waals surface area (Å²) in [6, 6.07) is 11.6. The molecule has 12 nitrogen and oxygen atoms in total. The molecule has 0 unspecified atom stereocenters. The predicted molar refractivity (Wildman–Crippen MR) is 186 cm³/mol. The van der Waals surface area contributed by atoms with Gasteiger partial charge < -0.3 is 45.6 Å². The van der Waals surface area contributed by atoms with Crippen LogP contribution < -0.4 is 4.74 Å². The van der Waals surface area contributed by atoms with Crippen LogP contribution >= 0.6 is 0 Å². The molecule has 4 aromatic rings. The molecule has 0 saturated carbocycles. The van der Waals surface area contributed by atoms with Gasteiger partial charge in [-0.05, 0) is 63.4 Å². The fraction of sp³-hybridized carbons (Fsp3) is 0.225. The van der Waals surface area contributed by atoms with E-state index in [0.29, 0.717) is 11.1 Å². The van der Waals surface area contributed by atoms with Gasteiger partial charge in [0.05, 0.1) is 5.56 Å². The fourth-order valence-corrected chi connectivity index (χ4v) is 7.39. The molecule has 0 bridgehead atoms. The van der Waals surface area contributed by atoms with Gasteiger partial charge in [-0.1, -0.05) is 35.4 Å². The van der Waals surface area contributed by atoms with E-state index in [2.05, 4.69) is 0 Å². The van der Waals surface area contributed by atoms with Crippen LogP contribution in [0.3, 0.4) is 0 Å². The summed E-state index contributed by atoms with van der Waals surface area (Å²) in [5, 5.41) is 86.2. The number of benzene rings is 4. The van der Waals surface area contributed by atoms with Crippen molar-refractivity contribution in [3.8, 4) is 51.7 Å². The highest BCUT2D eigenvalue weighted by Crippen LogP contribution is 2.56. The SMILES string of the molecule is CC(C)=CC[C@]1(c2ccc(O)cc2O)C(=O)Oc2cc(O)c([C@H]3C=C(C)C[C@H](c4ccc(O)cc4O)[C@H]3C(=O)c3ccc(O)cc3O)c(O)c2C1=O. The third-order valence-electron chi connectivity index (χ3n) is 9.83. The molecule has 1 aliphatic heterocycles. The number of Topliss-reactive ketones (excluding diaryl/α,β-unsaturated/α-hetero) is 2. The van der Waals surface area contributed by atoms with Crippen LogP contribution in [0.25, 0.3) is 0 Å². The molecule has 2 aliphatic rings. The molecule has 0 spiro atoms. The smallest absolute Gasteiger partial charge is 0.330 e. The Morgan fingerprint density at radius 1 is 0.808 bits per heavy atom. The highest BCUT2D eigenvalue weighted by atomic mass is 16.5. The number of hydrogen-bond donors (Lipinski definition) is 8. The summed E-state index contributed by atoms with van der Waals surface area (Å²) in [6.45, 7) is 5.19. The van der Waals surface area contributed by atoms with E-state index in [4.69, 9.17) is 4.74 Å². The number of phenols is 8. The zero-order valence-electron chi connectivity index (χ0n) is 28.3. The lowest BCUT2D eigenvalue weighted by molar-refractivity contribution is -0.139. The van der Waals surface area contributed by atoms with E-state index < -0.39 is 75.0 Å². The maximum absolute atomic E-state index is 14.8. The number of esters is 1. The van der Waals surface area contributed by atoms with Crippen molar-refractivity contribution in [2.24, 2.45) is 5.92 Å².